The van der Waals surface area contributed by atoms with Gasteiger partial charge in [0.1, 0.15) is 5.82 Å². The SMILES string of the molecule is COc1cc2c(cc1OC)[C@H]([C@@H](C)NC(=O)c1cccc(Cl)c1)N(Cc1ccccc1F)CC2. The Kier molecular flexibility index (Phi) is 7.39. The number of ether oxygens (including phenoxy) is 2. The van der Waals surface area contributed by atoms with Crippen LogP contribution >= 0.6 is 11.6 Å². The van der Waals surface area contributed by atoms with Crippen molar-refractivity contribution in [1.82, 2.24) is 10.2 Å². The highest BCUT2D eigenvalue weighted by atomic mass is 35.5. The molecule has 34 heavy (non-hydrogen) atoms. The number of carbonyl (C=O) groups is 1. The molecule has 0 saturated carbocycles. The standard InChI is InChI=1S/C27H28ClFN2O3/c1-17(30-27(32)19-8-6-9-21(28)13-19)26-22-15-25(34-3)24(33-2)14-18(22)11-12-31(26)16-20-7-4-5-10-23(20)29/h4-10,13-15,17,26H,11-12,16H2,1-3H3,(H,30,32)/t17-,26+/m1/s1. The van der Waals surface area contributed by atoms with Crippen molar-refractivity contribution in [3.05, 3.63) is 93.8 Å². The van der Waals surface area contributed by atoms with E-state index in [2.05, 4.69) is 10.2 Å². The zero-order valence-electron chi connectivity index (χ0n) is 19.5. The first kappa shape index (κ1) is 24.0. The zero-order chi connectivity index (χ0) is 24.2. The molecule has 178 valence electrons. The predicted octanol–water partition coefficient (Wildman–Crippen LogP) is 5.41. The number of nitrogens with zero attached hydrogens (tertiary/aromatic N) is 1. The van der Waals surface area contributed by atoms with Gasteiger partial charge in [-0.2, -0.15) is 0 Å². The molecule has 1 amide bonds. The third-order valence-electron chi connectivity index (χ3n) is 6.28. The van der Waals surface area contributed by atoms with Gasteiger partial charge in [-0.25, -0.2) is 4.39 Å². The van der Waals surface area contributed by atoms with Crippen LogP contribution in [0.3, 0.4) is 0 Å². The molecule has 4 rings (SSSR count). The second-order valence-electron chi connectivity index (χ2n) is 8.44. The normalized spacial score (nSPS) is 16.4. The van der Waals surface area contributed by atoms with Gasteiger partial charge in [0.15, 0.2) is 11.5 Å². The Balaban J connectivity index is 1.70. The first-order valence-electron chi connectivity index (χ1n) is 11.2. The van der Waals surface area contributed by atoms with Crippen molar-refractivity contribution in [3.8, 4) is 11.5 Å². The lowest BCUT2D eigenvalue weighted by atomic mass is 9.87. The minimum atomic E-state index is -0.282. The fraction of sp³-hybridized carbons (Fsp3) is 0.296. The third-order valence-corrected chi connectivity index (χ3v) is 6.51. The summed E-state index contributed by atoms with van der Waals surface area (Å²) in [6.45, 7) is 3.09. The van der Waals surface area contributed by atoms with Crippen LogP contribution in [0.5, 0.6) is 11.5 Å². The van der Waals surface area contributed by atoms with Crippen molar-refractivity contribution in [1.29, 1.82) is 0 Å². The number of hydrogen-bond donors (Lipinski definition) is 1. The summed E-state index contributed by atoms with van der Waals surface area (Å²) in [5, 5.41) is 3.63. The highest BCUT2D eigenvalue weighted by Crippen LogP contribution is 2.40. The molecule has 0 unspecified atom stereocenters. The molecule has 1 aliphatic heterocycles. The lowest BCUT2D eigenvalue weighted by Crippen LogP contribution is -2.47. The molecular formula is C27H28ClFN2O3. The van der Waals surface area contributed by atoms with Gasteiger partial charge in [0.25, 0.3) is 5.91 Å². The molecule has 1 heterocycles. The Morgan fingerprint density at radius 3 is 2.56 bits per heavy atom. The van der Waals surface area contributed by atoms with E-state index in [0.717, 1.165) is 17.5 Å². The molecule has 0 radical (unpaired) electrons. The maximum absolute atomic E-state index is 14.5. The topological polar surface area (TPSA) is 50.8 Å². The van der Waals surface area contributed by atoms with Crippen molar-refractivity contribution >= 4 is 17.5 Å². The highest BCUT2D eigenvalue weighted by molar-refractivity contribution is 6.30. The van der Waals surface area contributed by atoms with E-state index in [1.54, 1.807) is 50.6 Å². The number of methoxy groups -OCH3 is 2. The van der Waals surface area contributed by atoms with Crippen LogP contribution in [0.25, 0.3) is 0 Å². The molecule has 1 aliphatic rings. The number of nitrogens with one attached hydrogen (secondary N) is 1. The van der Waals surface area contributed by atoms with Crippen LogP contribution in [0, 0.1) is 5.82 Å². The van der Waals surface area contributed by atoms with Crippen molar-refractivity contribution in [3.63, 3.8) is 0 Å². The molecule has 0 fully saturated rings. The molecule has 1 N–H and O–H groups in total. The Labute approximate surface area is 204 Å². The molecule has 0 bridgehead atoms. The minimum Gasteiger partial charge on any atom is -0.493 e. The van der Waals surface area contributed by atoms with E-state index in [4.69, 9.17) is 21.1 Å². The van der Waals surface area contributed by atoms with Gasteiger partial charge >= 0.3 is 0 Å². The van der Waals surface area contributed by atoms with E-state index in [1.807, 2.05) is 25.1 Å². The van der Waals surface area contributed by atoms with E-state index in [9.17, 15) is 9.18 Å². The van der Waals surface area contributed by atoms with Crippen molar-refractivity contribution in [2.24, 2.45) is 0 Å². The number of fused-ring (bicyclic) bond motifs is 1. The lowest BCUT2D eigenvalue weighted by Gasteiger charge is -2.41. The van der Waals surface area contributed by atoms with Crippen LogP contribution in [0.2, 0.25) is 5.02 Å². The first-order valence-corrected chi connectivity index (χ1v) is 11.6. The van der Waals surface area contributed by atoms with Gasteiger partial charge in [-0.15, -0.1) is 0 Å². The number of halogens is 2. The summed E-state index contributed by atoms with van der Waals surface area (Å²) >= 11 is 6.08. The molecule has 0 spiro atoms. The maximum Gasteiger partial charge on any atom is 0.251 e. The number of rotatable bonds is 7. The van der Waals surface area contributed by atoms with E-state index in [1.165, 1.54) is 6.07 Å². The summed E-state index contributed by atoms with van der Waals surface area (Å²) in [4.78, 5) is 15.2. The summed E-state index contributed by atoms with van der Waals surface area (Å²) in [5.41, 5.74) is 3.25. The fourth-order valence-corrected chi connectivity index (χ4v) is 4.83. The quantitative estimate of drug-likeness (QED) is 0.489. The molecule has 2 atom stereocenters. The summed E-state index contributed by atoms with van der Waals surface area (Å²) in [6, 6.07) is 17.1. The van der Waals surface area contributed by atoms with Crippen LogP contribution in [0.1, 0.15) is 40.0 Å². The molecule has 0 saturated heterocycles. The number of carbonyl (C=O) groups excluding carboxylic acids is 1. The van der Waals surface area contributed by atoms with Crippen LogP contribution in [0.15, 0.2) is 60.7 Å². The van der Waals surface area contributed by atoms with Crippen molar-refractivity contribution in [2.75, 3.05) is 20.8 Å². The molecular weight excluding hydrogens is 455 g/mol. The molecule has 3 aromatic carbocycles. The highest BCUT2D eigenvalue weighted by Gasteiger charge is 2.34. The third kappa shape index (κ3) is 5.03. The molecule has 5 nitrogen and oxygen atoms in total. The van der Waals surface area contributed by atoms with Gasteiger partial charge in [-0.3, -0.25) is 9.69 Å². The lowest BCUT2D eigenvalue weighted by molar-refractivity contribution is 0.0875. The maximum atomic E-state index is 14.5. The Morgan fingerprint density at radius 2 is 1.85 bits per heavy atom. The van der Waals surface area contributed by atoms with Crippen molar-refractivity contribution < 1.29 is 18.7 Å². The van der Waals surface area contributed by atoms with Crippen molar-refractivity contribution in [2.45, 2.75) is 32.0 Å². The number of benzene rings is 3. The summed E-state index contributed by atoms with van der Waals surface area (Å²) < 4.78 is 25.6. The van der Waals surface area contributed by atoms with Gasteiger partial charge in [-0.05, 0) is 60.9 Å². The second kappa shape index (κ2) is 10.5. The molecule has 3 aromatic rings. The smallest absolute Gasteiger partial charge is 0.251 e. The molecule has 0 aromatic heterocycles. The average molecular weight is 483 g/mol. The Bertz CT molecular complexity index is 1190. The summed E-state index contributed by atoms with van der Waals surface area (Å²) in [7, 11) is 3.21. The van der Waals surface area contributed by atoms with Crippen LogP contribution < -0.4 is 14.8 Å². The monoisotopic (exact) mass is 482 g/mol. The van der Waals surface area contributed by atoms with Gasteiger partial charge < -0.3 is 14.8 Å². The van der Waals surface area contributed by atoms with E-state index in [-0.39, 0.29) is 23.8 Å². The molecule has 0 aliphatic carbocycles. The largest absolute Gasteiger partial charge is 0.493 e. The van der Waals surface area contributed by atoms with E-state index < -0.39 is 0 Å². The number of amides is 1. The van der Waals surface area contributed by atoms with E-state index >= 15 is 0 Å². The predicted molar refractivity (Wildman–Crippen MR) is 131 cm³/mol. The fourth-order valence-electron chi connectivity index (χ4n) is 4.64. The number of hydrogen-bond acceptors (Lipinski definition) is 4. The molecule has 7 heteroatoms. The summed E-state index contributed by atoms with van der Waals surface area (Å²) in [6.07, 6.45) is 0.773. The first-order chi connectivity index (χ1) is 16.4. The van der Waals surface area contributed by atoms with Crippen LogP contribution in [0.4, 0.5) is 4.39 Å². The second-order valence-corrected chi connectivity index (χ2v) is 8.87. The zero-order valence-corrected chi connectivity index (χ0v) is 20.2. The summed E-state index contributed by atoms with van der Waals surface area (Å²) in [5.74, 6) is 0.828. The van der Waals surface area contributed by atoms with E-state index in [0.29, 0.717) is 40.7 Å². The Hall–Kier alpha value is -3.09. The van der Waals surface area contributed by atoms with Gasteiger partial charge in [-0.1, -0.05) is 35.9 Å². The van der Waals surface area contributed by atoms with Crippen LogP contribution in [-0.2, 0) is 13.0 Å². The van der Waals surface area contributed by atoms with Crippen LogP contribution in [-0.4, -0.2) is 37.6 Å². The average Bonchev–Trinajstić information content (AvgIpc) is 2.84. The Morgan fingerprint density at radius 1 is 1.12 bits per heavy atom. The van der Waals surface area contributed by atoms with Gasteiger partial charge in [0.05, 0.1) is 20.3 Å². The van der Waals surface area contributed by atoms with Gasteiger partial charge in [0, 0.05) is 35.3 Å². The van der Waals surface area contributed by atoms with Gasteiger partial charge in [0.2, 0.25) is 0 Å². The minimum absolute atomic E-state index is 0.203.